The van der Waals surface area contributed by atoms with E-state index in [0.717, 1.165) is 23.1 Å². The van der Waals surface area contributed by atoms with Crippen LogP contribution in [0.2, 0.25) is 0 Å². The molecule has 1 N–H and O–H groups in total. The van der Waals surface area contributed by atoms with Gasteiger partial charge in [0, 0.05) is 28.3 Å². The first-order valence-electron chi connectivity index (χ1n) is 5.85. The first-order chi connectivity index (χ1) is 8.69. The van der Waals surface area contributed by atoms with Gasteiger partial charge in [0.15, 0.2) is 0 Å². The van der Waals surface area contributed by atoms with E-state index >= 15 is 0 Å². The fourth-order valence-corrected chi connectivity index (χ4v) is 2.01. The van der Waals surface area contributed by atoms with E-state index < -0.39 is 0 Å². The normalized spacial score (nSPS) is 10.8. The molecule has 1 heterocycles. The molecular formula is C13H15BrFN3. The molecule has 0 aliphatic carbocycles. The summed E-state index contributed by atoms with van der Waals surface area (Å²) in [5.74, 6) is -0.215. The predicted octanol–water partition coefficient (Wildman–Crippen LogP) is 2.94. The minimum atomic E-state index is -0.215. The van der Waals surface area contributed by atoms with Crippen molar-refractivity contribution in [2.75, 3.05) is 6.54 Å². The maximum Gasteiger partial charge on any atom is 0.129 e. The van der Waals surface area contributed by atoms with Crippen molar-refractivity contribution in [1.29, 1.82) is 0 Å². The Balaban J connectivity index is 2.06. The third-order valence-electron chi connectivity index (χ3n) is 2.61. The van der Waals surface area contributed by atoms with Crippen molar-refractivity contribution < 1.29 is 4.39 Å². The van der Waals surface area contributed by atoms with Crippen molar-refractivity contribution in [2.24, 2.45) is 0 Å². The molecule has 0 bridgehead atoms. The number of aromatic nitrogens is 2. The molecule has 5 heteroatoms. The molecule has 0 spiro atoms. The lowest BCUT2D eigenvalue weighted by atomic mass is 10.2. The first kappa shape index (κ1) is 13.2. The van der Waals surface area contributed by atoms with Gasteiger partial charge in [-0.05, 0) is 18.7 Å². The van der Waals surface area contributed by atoms with Gasteiger partial charge < -0.3 is 5.32 Å². The Morgan fingerprint density at radius 2 is 2.28 bits per heavy atom. The predicted molar refractivity (Wildman–Crippen MR) is 72.8 cm³/mol. The van der Waals surface area contributed by atoms with Gasteiger partial charge in [-0.25, -0.2) is 4.39 Å². The zero-order chi connectivity index (χ0) is 13.0. The van der Waals surface area contributed by atoms with Gasteiger partial charge >= 0.3 is 0 Å². The van der Waals surface area contributed by atoms with E-state index in [9.17, 15) is 4.39 Å². The van der Waals surface area contributed by atoms with Crippen LogP contribution < -0.4 is 5.32 Å². The number of nitrogens with one attached hydrogen (secondary N) is 1. The smallest absolute Gasteiger partial charge is 0.129 e. The highest BCUT2D eigenvalue weighted by Crippen LogP contribution is 2.16. The van der Waals surface area contributed by atoms with E-state index in [1.807, 2.05) is 12.3 Å². The van der Waals surface area contributed by atoms with Crippen LogP contribution in [0.1, 0.15) is 18.1 Å². The standard InChI is InChI=1S/C13H15BrFN3/c1-2-16-6-10-7-17-18(8-10)9-11-3-4-12(14)5-13(11)15/h3-5,7-8,16H,2,6,9H2,1H3. The van der Waals surface area contributed by atoms with Crippen LogP contribution in [0.15, 0.2) is 35.1 Å². The summed E-state index contributed by atoms with van der Waals surface area (Å²) in [6.45, 7) is 4.22. The van der Waals surface area contributed by atoms with Gasteiger partial charge in [0.05, 0.1) is 12.7 Å². The Kier molecular flexibility index (Phi) is 4.49. The van der Waals surface area contributed by atoms with Gasteiger partial charge in [-0.3, -0.25) is 4.68 Å². The van der Waals surface area contributed by atoms with Gasteiger partial charge in [-0.1, -0.05) is 28.9 Å². The summed E-state index contributed by atoms with van der Waals surface area (Å²) < 4.78 is 16.2. The second-order valence-electron chi connectivity index (χ2n) is 4.06. The van der Waals surface area contributed by atoms with Crippen LogP contribution in [0.4, 0.5) is 4.39 Å². The zero-order valence-corrected chi connectivity index (χ0v) is 11.7. The highest BCUT2D eigenvalue weighted by molar-refractivity contribution is 9.10. The lowest BCUT2D eigenvalue weighted by Gasteiger charge is -2.04. The van der Waals surface area contributed by atoms with Crippen LogP contribution in [0.3, 0.4) is 0 Å². The average Bonchev–Trinajstić information content (AvgIpc) is 2.78. The van der Waals surface area contributed by atoms with Crippen molar-refractivity contribution in [2.45, 2.75) is 20.0 Å². The van der Waals surface area contributed by atoms with Crippen molar-refractivity contribution in [1.82, 2.24) is 15.1 Å². The highest BCUT2D eigenvalue weighted by atomic mass is 79.9. The lowest BCUT2D eigenvalue weighted by molar-refractivity contribution is 0.584. The van der Waals surface area contributed by atoms with E-state index in [2.05, 4.69) is 33.3 Å². The van der Waals surface area contributed by atoms with Gasteiger partial charge in [-0.2, -0.15) is 5.10 Å². The molecule has 1 aromatic heterocycles. The van der Waals surface area contributed by atoms with Gasteiger partial charge in [-0.15, -0.1) is 0 Å². The number of halogens is 2. The Morgan fingerprint density at radius 3 is 3.00 bits per heavy atom. The van der Waals surface area contributed by atoms with Crippen molar-refractivity contribution in [3.63, 3.8) is 0 Å². The molecule has 2 rings (SSSR count). The number of hydrogen-bond donors (Lipinski definition) is 1. The number of benzene rings is 1. The number of hydrogen-bond acceptors (Lipinski definition) is 2. The van der Waals surface area contributed by atoms with E-state index in [1.165, 1.54) is 6.07 Å². The zero-order valence-electron chi connectivity index (χ0n) is 10.2. The third-order valence-corrected chi connectivity index (χ3v) is 3.11. The topological polar surface area (TPSA) is 29.9 Å². The summed E-state index contributed by atoms with van der Waals surface area (Å²) in [5.41, 5.74) is 1.74. The maximum absolute atomic E-state index is 13.7. The minimum absolute atomic E-state index is 0.215. The van der Waals surface area contributed by atoms with E-state index in [-0.39, 0.29) is 5.82 Å². The van der Waals surface area contributed by atoms with Crippen molar-refractivity contribution in [3.8, 4) is 0 Å². The van der Waals surface area contributed by atoms with Crippen LogP contribution in [0.25, 0.3) is 0 Å². The summed E-state index contributed by atoms with van der Waals surface area (Å²) in [4.78, 5) is 0. The molecule has 0 amide bonds. The summed E-state index contributed by atoms with van der Waals surface area (Å²) >= 11 is 3.24. The Morgan fingerprint density at radius 1 is 1.44 bits per heavy atom. The summed E-state index contributed by atoms with van der Waals surface area (Å²) in [6.07, 6.45) is 3.74. The monoisotopic (exact) mass is 311 g/mol. The largest absolute Gasteiger partial charge is 0.313 e. The second kappa shape index (κ2) is 6.11. The van der Waals surface area contributed by atoms with Crippen molar-refractivity contribution in [3.05, 3.63) is 52.0 Å². The Hall–Kier alpha value is -1.20. The molecule has 0 radical (unpaired) electrons. The van der Waals surface area contributed by atoms with Gasteiger partial charge in [0.1, 0.15) is 5.82 Å². The lowest BCUT2D eigenvalue weighted by Crippen LogP contribution is -2.11. The molecule has 0 aliphatic rings. The molecular weight excluding hydrogens is 297 g/mol. The molecule has 0 atom stereocenters. The summed E-state index contributed by atoms with van der Waals surface area (Å²) in [5, 5.41) is 7.45. The maximum atomic E-state index is 13.7. The highest BCUT2D eigenvalue weighted by Gasteiger charge is 2.05. The molecule has 0 saturated heterocycles. The van der Waals surface area contributed by atoms with E-state index in [1.54, 1.807) is 16.9 Å². The Labute approximate surface area is 114 Å². The van der Waals surface area contributed by atoms with Crippen LogP contribution in [0, 0.1) is 5.82 Å². The van der Waals surface area contributed by atoms with E-state index in [4.69, 9.17) is 0 Å². The van der Waals surface area contributed by atoms with Crippen LogP contribution in [-0.4, -0.2) is 16.3 Å². The quantitative estimate of drug-likeness (QED) is 0.920. The molecule has 96 valence electrons. The van der Waals surface area contributed by atoms with Crippen LogP contribution >= 0.6 is 15.9 Å². The SMILES string of the molecule is CCNCc1cnn(Cc2ccc(Br)cc2F)c1. The fraction of sp³-hybridized carbons (Fsp3) is 0.308. The molecule has 2 aromatic rings. The van der Waals surface area contributed by atoms with E-state index in [0.29, 0.717) is 12.1 Å². The van der Waals surface area contributed by atoms with Crippen LogP contribution in [0.5, 0.6) is 0 Å². The van der Waals surface area contributed by atoms with Crippen molar-refractivity contribution >= 4 is 15.9 Å². The van der Waals surface area contributed by atoms with Crippen LogP contribution in [-0.2, 0) is 13.1 Å². The minimum Gasteiger partial charge on any atom is -0.313 e. The molecule has 0 aliphatic heterocycles. The molecule has 0 fully saturated rings. The van der Waals surface area contributed by atoms with Gasteiger partial charge in [0.2, 0.25) is 0 Å². The number of rotatable bonds is 5. The molecule has 0 unspecified atom stereocenters. The Bertz CT molecular complexity index is 525. The molecule has 0 saturated carbocycles. The second-order valence-corrected chi connectivity index (χ2v) is 4.98. The fourth-order valence-electron chi connectivity index (χ4n) is 1.68. The number of nitrogens with zero attached hydrogens (tertiary/aromatic N) is 2. The first-order valence-corrected chi connectivity index (χ1v) is 6.64. The summed E-state index contributed by atoms with van der Waals surface area (Å²) in [7, 11) is 0. The molecule has 1 aromatic carbocycles. The summed E-state index contributed by atoms with van der Waals surface area (Å²) in [6, 6.07) is 5.07. The molecule has 18 heavy (non-hydrogen) atoms. The third kappa shape index (κ3) is 3.40. The van der Waals surface area contributed by atoms with Gasteiger partial charge in [0.25, 0.3) is 0 Å². The average molecular weight is 312 g/mol. The molecule has 3 nitrogen and oxygen atoms in total.